The Hall–Kier alpha value is -5.10. The number of amides is 1. The van der Waals surface area contributed by atoms with E-state index in [-0.39, 0.29) is 12.1 Å². The van der Waals surface area contributed by atoms with Gasteiger partial charge in [-0.1, -0.05) is 24.3 Å². The van der Waals surface area contributed by atoms with Crippen LogP contribution in [-0.2, 0) is 6.54 Å². The van der Waals surface area contributed by atoms with Crippen molar-refractivity contribution in [3.63, 3.8) is 0 Å². The van der Waals surface area contributed by atoms with Crippen molar-refractivity contribution in [1.82, 2.24) is 35.4 Å². The number of benzene rings is 2. The number of fused-ring (bicyclic) bond motifs is 1. The first-order valence-electron chi connectivity index (χ1n) is 13.6. The number of ether oxygens (including phenoxy) is 1. The average Bonchev–Trinajstić information content (AvgIpc) is 3.41. The summed E-state index contributed by atoms with van der Waals surface area (Å²) in [5.41, 5.74) is 10.0. The summed E-state index contributed by atoms with van der Waals surface area (Å²) < 4.78 is 20.6. The number of pyridine rings is 1. The zero-order valence-corrected chi connectivity index (χ0v) is 23.2. The van der Waals surface area contributed by atoms with Gasteiger partial charge in [-0.25, -0.2) is 24.0 Å². The number of rotatable bonds is 7. The lowest BCUT2D eigenvalue weighted by Gasteiger charge is -2.34. The maximum atomic E-state index is 13.7. The Labute approximate surface area is 241 Å². The van der Waals surface area contributed by atoms with E-state index in [0.717, 1.165) is 48.3 Å². The summed E-state index contributed by atoms with van der Waals surface area (Å²) in [5.74, 6) is 0.588. The molecule has 1 atom stereocenters. The number of hydrogen-bond donors (Lipinski definition) is 3. The summed E-state index contributed by atoms with van der Waals surface area (Å²) in [5, 5.41) is 11.7. The lowest BCUT2D eigenvalue weighted by Crippen LogP contribution is -2.50. The monoisotopic (exact) mass is 567 g/mol. The molecule has 1 fully saturated rings. The molecular weight excluding hydrogens is 537 g/mol. The highest BCUT2D eigenvalue weighted by Crippen LogP contribution is 2.32. The molecule has 1 aliphatic rings. The van der Waals surface area contributed by atoms with Crippen LogP contribution in [0, 0.1) is 5.82 Å². The van der Waals surface area contributed by atoms with Gasteiger partial charge in [0.25, 0.3) is 5.91 Å². The Balaban J connectivity index is 1.25. The predicted molar refractivity (Wildman–Crippen MR) is 158 cm³/mol. The molecule has 4 heterocycles. The number of halogens is 1. The van der Waals surface area contributed by atoms with Gasteiger partial charge in [0.1, 0.15) is 35.2 Å². The number of carbonyl (C=O) groups is 1. The molecule has 0 spiro atoms. The summed E-state index contributed by atoms with van der Waals surface area (Å²) in [6, 6.07) is 15.7. The van der Waals surface area contributed by atoms with Crippen LogP contribution in [0.1, 0.15) is 22.8 Å². The Bertz CT molecular complexity index is 1740. The molecule has 4 N–H and O–H groups in total. The molecule has 2 aromatic carbocycles. The molecule has 42 heavy (non-hydrogen) atoms. The first kappa shape index (κ1) is 27.1. The van der Waals surface area contributed by atoms with E-state index in [4.69, 9.17) is 20.6 Å². The van der Waals surface area contributed by atoms with E-state index >= 15 is 0 Å². The second-order valence-corrected chi connectivity index (χ2v) is 10.1. The van der Waals surface area contributed by atoms with Crippen molar-refractivity contribution in [2.24, 2.45) is 0 Å². The van der Waals surface area contributed by atoms with Crippen LogP contribution >= 0.6 is 0 Å². The van der Waals surface area contributed by atoms with Gasteiger partial charge in [0.2, 0.25) is 0 Å². The van der Waals surface area contributed by atoms with Gasteiger partial charge in [-0.15, -0.1) is 0 Å². The highest BCUT2D eigenvalue weighted by molar-refractivity contribution is 5.99. The van der Waals surface area contributed by atoms with Gasteiger partial charge in [0.15, 0.2) is 5.65 Å². The highest BCUT2D eigenvalue weighted by atomic mass is 19.1. The highest BCUT2D eigenvalue weighted by Gasteiger charge is 2.21. The van der Waals surface area contributed by atoms with Crippen LogP contribution in [0.5, 0.6) is 5.75 Å². The number of hydrogen-bond acceptors (Lipinski definition) is 9. The number of nitrogens with one attached hydrogen (secondary N) is 2. The van der Waals surface area contributed by atoms with E-state index in [0.29, 0.717) is 34.3 Å². The fourth-order valence-corrected chi connectivity index (χ4v) is 5.13. The largest absolute Gasteiger partial charge is 0.496 e. The van der Waals surface area contributed by atoms with Gasteiger partial charge in [-0.2, -0.15) is 5.10 Å². The summed E-state index contributed by atoms with van der Waals surface area (Å²) in [4.78, 5) is 28.4. The minimum absolute atomic E-state index is 0.131. The molecule has 12 heteroatoms. The number of anilines is 2. The number of aromatic nitrogens is 5. The minimum Gasteiger partial charge on any atom is -0.496 e. The number of methoxy groups -OCH3 is 1. The van der Waals surface area contributed by atoms with Crippen molar-refractivity contribution >= 4 is 28.6 Å². The van der Waals surface area contributed by atoms with Crippen LogP contribution in [-0.4, -0.2) is 63.4 Å². The molecular formula is C30H30FN9O2. The summed E-state index contributed by atoms with van der Waals surface area (Å²) in [6.45, 7) is 5.15. The minimum atomic E-state index is -0.513. The first-order chi connectivity index (χ1) is 20.4. The zero-order valence-electron chi connectivity index (χ0n) is 23.2. The molecule has 6 rings (SSSR count). The van der Waals surface area contributed by atoms with Crippen LogP contribution in [0.15, 0.2) is 67.1 Å². The lowest BCUT2D eigenvalue weighted by atomic mass is 10.1. The topological polar surface area (TPSA) is 136 Å². The third-order valence-electron chi connectivity index (χ3n) is 7.35. The van der Waals surface area contributed by atoms with Crippen LogP contribution in [0.3, 0.4) is 0 Å². The fourth-order valence-electron chi connectivity index (χ4n) is 5.13. The van der Waals surface area contributed by atoms with E-state index in [2.05, 4.69) is 32.4 Å². The Morgan fingerprint density at radius 3 is 2.71 bits per heavy atom. The van der Waals surface area contributed by atoms with Gasteiger partial charge < -0.3 is 26.0 Å². The zero-order chi connectivity index (χ0) is 29.2. The van der Waals surface area contributed by atoms with Crippen molar-refractivity contribution in [2.45, 2.75) is 19.5 Å². The molecule has 5 aromatic rings. The lowest BCUT2D eigenvalue weighted by molar-refractivity contribution is 0.0947. The van der Waals surface area contributed by atoms with Crippen molar-refractivity contribution in [1.29, 1.82) is 0 Å². The third-order valence-corrected chi connectivity index (χ3v) is 7.35. The average molecular weight is 568 g/mol. The molecule has 0 aliphatic carbocycles. The number of carbonyl (C=O) groups excluding carboxylic acids is 1. The van der Waals surface area contributed by atoms with Crippen LogP contribution < -0.4 is 26.0 Å². The molecule has 3 aromatic heterocycles. The number of nitrogen functional groups attached to an aromatic ring is 1. The quantitative estimate of drug-likeness (QED) is 0.271. The number of nitrogens with zero attached hydrogens (tertiary/aromatic N) is 6. The van der Waals surface area contributed by atoms with Crippen molar-refractivity contribution in [2.75, 3.05) is 37.4 Å². The van der Waals surface area contributed by atoms with E-state index in [9.17, 15) is 9.18 Å². The van der Waals surface area contributed by atoms with Crippen LogP contribution in [0.4, 0.5) is 16.0 Å². The molecule has 11 nitrogen and oxygen atoms in total. The normalized spacial score (nSPS) is 15.1. The predicted octanol–water partition coefficient (Wildman–Crippen LogP) is 3.34. The third kappa shape index (κ3) is 5.19. The molecule has 214 valence electrons. The molecule has 1 aliphatic heterocycles. The Kier molecular flexibility index (Phi) is 7.36. The second kappa shape index (κ2) is 11.4. The van der Waals surface area contributed by atoms with Gasteiger partial charge in [0.05, 0.1) is 29.9 Å². The van der Waals surface area contributed by atoms with Crippen LogP contribution in [0.25, 0.3) is 28.0 Å². The second-order valence-electron chi connectivity index (χ2n) is 10.1. The van der Waals surface area contributed by atoms with Crippen molar-refractivity contribution < 1.29 is 13.9 Å². The SMILES string of the molecule is COc1ccc(F)cc1C(=O)NCc1ccc(-c2nn(-c3ccc(N4CCNC[C@H]4C)nc3)c3ncnc(N)c23)cc1. The molecule has 0 saturated carbocycles. The maximum Gasteiger partial charge on any atom is 0.255 e. The van der Waals surface area contributed by atoms with E-state index in [1.165, 1.54) is 25.6 Å². The van der Waals surface area contributed by atoms with Gasteiger partial charge in [0, 0.05) is 37.8 Å². The van der Waals surface area contributed by atoms with Crippen molar-refractivity contribution in [3.05, 3.63) is 84.1 Å². The Morgan fingerprint density at radius 2 is 1.98 bits per heavy atom. The van der Waals surface area contributed by atoms with Gasteiger partial charge >= 0.3 is 0 Å². The summed E-state index contributed by atoms with van der Waals surface area (Å²) in [7, 11) is 1.44. The summed E-state index contributed by atoms with van der Waals surface area (Å²) in [6.07, 6.45) is 3.21. The molecule has 0 unspecified atom stereocenters. The van der Waals surface area contributed by atoms with Gasteiger partial charge in [-0.3, -0.25) is 4.79 Å². The molecule has 0 bridgehead atoms. The maximum absolute atomic E-state index is 13.7. The Morgan fingerprint density at radius 1 is 1.14 bits per heavy atom. The summed E-state index contributed by atoms with van der Waals surface area (Å²) >= 11 is 0. The van der Waals surface area contributed by atoms with E-state index in [1.54, 1.807) is 10.9 Å². The van der Waals surface area contributed by atoms with E-state index in [1.807, 2.05) is 36.4 Å². The smallest absolute Gasteiger partial charge is 0.255 e. The standard InChI is InChI=1S/C30H30FN9O2/c1-18-14-33-11-12-39(18)25-10-8-22(16-34-25)40-29-26(28(32)36-17-37-29)27(38-40)20-5-3-19(4-6-20)15-35-30(41)23-13-21(31)7-9-24(23)42-2/h3-10,13,16-18,33H,11-12,14-15H2,1-2H3,(H,35,41)(H2,32,36,37)/t18-/m1/s1. The molecule has 1 saturated heterocycles. The first-order valence-corrected chi connectivity index (χ1v) is 13.6. The number of piperazine rings is 1. The van der Waals surface area contributed by atoms with E-state index < -0.39 is 11.7 Å². The molecule has 1 amide bonds. The fraction of sp³-hybridized carbons (Fsp3) is 0.233. The van der Waals surface area contributed by atoms with Crippen molar-refractivity contribution in [3.8, 4) is 22.7 Å². The van der Waals surface area contributed by atoms with Crippen LogP contribution in [0.2, 0.25) is 0 Å². The number of nitrogens with two attached hydrogens (primary N) is 1. The molecule has 0 radical (unpaired) electrons. The van der Waals surface area contributed by atoms with Gasteiger partial charge in [-0.05, 0) is 42.8 Å².